The van der Waals surface area contributed by atoms with Gasteiger partial charge in [-0.3, -0.25) is 5.32 Å². The van der Waals surface area contributed by atoms with Crippen molar-refractivity contribution in [2.24, 2.45) is 0 Å². The highest BCUT2D eigenvalue weighted by molar-refractivity contribution is 5.31. The van der Waals surface area contributed by atoms with Crippen LogP contribution in [0, 0.1) is 0 Å². The predicted octanol–water partition coefficient (Wildman–Crippen LogP) is 2.37. The number of methoxy groups -OCH3 is 1. The van der Waals surface area contributed by atoms with E-state index in [-0.39, 0.29) is 18.7 Å². The molecule has 0 aromatic heterocycles. The Morgan fingerprint density at radius 1 is 0.950 bits per heavy atom. The number of nitrogens with one attached hydrogen (secondary N) is 1. The molecule has 2 rings (SSSR count). The number of benzene rings is 2. The summed E-state index contributed by atoms with van der Waals surface area (Å²) in [5.41, 5.74) is 2.35. The third-order valence-corrected chi connectivity index (χ3v) is 3.26. The molecule has 0 aliphatic heterocycles. The Morgan fingerprint density at radius 2 is 1.45 bits per heavy atom. The average Bonchev–Trinajstić information content (AvgIpc) is 2.53. The van der Waals surface area contributed by atoms with E-state index in [1.54, 1.807) is 7.11 Å². The van der Waals surface area contributed by atoms with Gasteiger partial charge in [0.15, 0.2) is 0 Å². The smallest absolute Gasteiger partial charge is 0.0638 e. The van der Waals surface area contributed by atoms with Gasteiger partial charge in [-0.25, -0.2) is 0 Å². The summed E-state index contributed by atoms with van der Waals surface area (Å²) in [6, 6.07) is 20.4. The summed E-state index contributed by atoms with van der Waals surface area (Å²) in [6.45, 7) is 0.524. The predicted molar refractivity (Wildman–Crippen MR) is 80.6 cm³/mol. The molecule has 0 bridgehead atoms. The molecule has 1 unspecified atom stereocenters. The van der Waals surface area contributed by atoms with Gasteiger partial charge in [-0.2, -0.15) is 0 Å². The fourth-order valence-electron chi connectivity index (χ4n) is 2.27. The summed E-state index contributed by atoms with van der Waals surface area (Å²) in [6.07, 6.45) is 0. The van der Waals surface area contributed by atoms with Crippen molar-refractivity contribution >= 4 is 0 Å². The van der Waals surface area contributed by atoms with Crippen LogP contribution >= 0.6 is 0 Å². The first-order valence-electron chi connectivity index (χ1n) is 6.81. The van der Waals surface area contributed by atoms with Crippen molar-refractivity contribution in [1.29, 1.82) is 0 Å². The number of aliphatic hydroxyl groups is 1. The Labute approximate surface area is 120 Å². The van der Waals surface area contributed by atoms with Gasteiger partial charge in [0, 0.05) is 7.11 Å². The molecule has 0 fully saturated rings. The van der Waals surface area contributed by atoms with Crippen molar-refractivity contribution in [2.45, 2.75) is 12.1 Å². The lowest BCUT2D eigenvalue weighted by Crippen LogP contribution is -2.39. The second kappa shape index (κ2) is 7.80. The summed E-state index contributed by atoms with van der Waals surface area (Å²) in [5.74, 6) is 0. The SMILES string of the molecule is COCC(CO)NC(c1ccccc1)c1ccccc1. The van der Waals surface area contributed by atoms with Crippen LogP contribution in [0.2, 0.25) is 0 Å². The van der Waals surface area contributed by atoms with Crippen LogP contribution in [-0.4, -0.2) is 31.5 Å². The topological polar surface area (TPSA) is 41.5 Å². The van der Waals surface area contributed by atoms with Crippen LogP contribution in [0.1, 0.15) is 17.2 Å². The zero-order valence-electron chi connectivity index (χ0n) is 11.7. The number of rotatable bonds is 7. The maximum atomic E-state index is 9.46. The van der Waals surface area contributed by atoms with Crippen molar-refractivity contribution in [1.82, 2.24) is 5.32 Å². The summed E-state index contributed by atoms with van der Waals surface area (Å²) in [4.78, 5) is 0. The molecule has 3 nitrogen and oxygen atoms in total. The molecule has 0 saturated carbocycles. The number of hydrogen-bond acceptors (Lipinski definition) is 3. The number of aliphatic hydroxyl groups excluding tert-OH is 1. The minimum absolute atomic E-state index is 0.0456. The quantitative estimate of drug-likeness (QED) is 0.812. The summed E-state index contributed by atoms with van der Waals surface area (Å²) >= 11 is 0. The van der Waals surface area contributed by atoms with E-state index in [1.807, 2.05) is 36.4 Å². The summed E-state index contributed by atoms with van der Waals surface area (Å²) in [5, 5.41) is 12.9. The van der Waals surface area contributed by atoms with Crippen molar-refractivity contribution in [2.75, 3.05) is 20.3 Å². The van der Waals surface area contributed by atoms with Gasteiger partial charge in [-0.1, -0.05) is 60.7 Å². The normalized spacial score (nSPS) is 12.6. The van der Waals surface area contributed by atoms with E-state index in [4.69, 9.17) is 4.74 Å². The van der Waals surface area contributed by atoms with Gasteiger partial charge < -0.3 is 9.84 Å². The third kappa shape index (κ3) is 3.90. The largest absolute Gasteiger partial charge is 0.395 e. The number of ether oxygens (including phenoxy) is 1. The molecule has 0 amide bonds. The Kier molecular flexibility index (Phi) is 5.74. The third-order valence-electron chi connectivity index (χ3n) is 3.26. The molecule has 2 aromatic rings. The van der Waals surface area contributed by atoms with E-state index in [1.165, 1.54) is 11.1 Å². The van der Waals surface area contributed by atoms with Crippen LogP contribution in [0.25, 0.3) is 0 Å². The van der Waals surface area contributed by atoms with E-state index in [9.17, 15) is 5.11 Å². The Morgan fingerprint density at radius 3 is 1.85 bits per heavy atom. The monoisotopic (exact) mass is 271 g/mol. The van der Waals surface area contributed by atoms with E-state index in [0.717, 1.165) is 0 Å². The van der Waals surface area contributed by atoms with Gasteiger partial charge in [0.25, 0.3) is 0 Å². The molecule has 0 spiro atoms. The lowest BCUT2D eigenvalue weighted by atomic mass is 9.98. The molecule has 0 aliphatic rings. The van der Waals surface area contributed by atoms with Crippen LogP contribution in [0.3, 0.4) is 0 Å². The van der Waals surface area contributed by atoms with E-state index in [2.05, 4.69) is 29.6 Å². The Hall–Kier alpha value is -1.68. The lowest BCUT2D eigenvalue weighted by Gasteiger charge is -2.25. The first kappa shape index (κ1) is 14.7. The molecule has 0 heterocycles. The van der Waals surface area contributed by atoms with Crippen LogP contribution in [0.5, 0.6) is 0 Å². The second-order valence-electron chi connectivity index (χ2n) is 4.76. The fourth-order valence-corrected chi connectivity index (χ4v) is 2.27. The van der Waals surface area contributed by atoms with Crippen molar-refractivity contribution in [3.05, 3.63) is 71.8 Å². The molecule has 0 aliphatic carbocycles. The van der Waals surface area contributed by atoms with Gasteiger partial charge in [0.2, 0.25) is 0 Å². The maximum Gasteiger partial charge on any atom is 0.0638 e. The highest BCUT2D eigenvalue weighted by Gasteiger charge is 2.18. The van der Waals surface area contributed by atoms with Crippen LogP contribution in [-0.2, 0) is 4.74 Å². The molecule has 1 atom stereocenters. The molecule has 0 saturated heterocycles. The van der Waals surface area contributed by atoms with Gasteiger partial charge in [0.1, 0.15) is 0 Å². The van der Waals surface area contributed by atoms with Crippen LogP contribution < -0.4 is 5.32 Å². The molecule has 2 aromatic carbocycles. The Bertz CT molecular complexity index is 447. The average molecular weight is 271 g/mol. The maximum absolute atomic E-state index is 9.46. The first-order chi connectivity index (χ1) is 9.85. The van der Waals surface area contributed by atoms with E-state index in [0.29, 0.717) is 6.61 Å². The van der Waals surface area contributed by atoms with Crippen molar-refractivity contribution in [3.8, 4) is 0 Å². The Balaban J connectivity index is 2.25. The highest BCUT2D eigenvalue weighted by Crippen LogP contribution is 2.22. The zero-order valence-corrected chi connectivity index (χ0v) is 11.7. The zero-order chi connectivity index (χ0) is 14.2. The molecule has 0 radical (unpaired) electrons. The van der Waals surface area contributed by atoms with Gasteiger partial charge >= 0.3 is 0 Å². The second-order valence-corrected chi connectivity index (χ2v) is 4.76. The molecule has 20 heavy (non-hydrogen) atoms. The van der Waals surface area contributed by atoms with Crippen LogP contribution in [0.4, 0.5) is 0 Å². The molecule has 2 N–H and O–H groups in total. The molecular formula is C17H21NO2. The lowest BCUT2D eigenvalue weighted by molar-refractivity contribution is 0.125. The molecular weight excluding hydrogens is 250 g/mol. The number of hydrogen-bond donors (Lipinski definition) is 2. The standard InChI is InChI=1S/C17H21NO2/c1-20-13-16(12-19)18-17(14-8-4-2-5-9-14)15-10-6-3-7-11-15/h2-11,16-19H,12-13H2,1H3. The van der Waals surface area contributed by atoms with Crippen molar-refractivity contribution in [3.63, 3.8) is 0 Å². The summed E-state index contributed by atoms with van der Waals surface area (Å²) < 4.78 is 5.14. The fraction of sp³-hybridized carbons (Fsp3) is 0.294. The van der Waals surface area contributed by atoms with Crippen molar-refractivity contribution < 1.29 is 9.84 Å². The molecule has 3 heteroatoms. The van der Waals surface area contributed by atoms with Crippen LogP contribution in [0.15, 0.2) is 60.7 Å². The van der Waals surface area contributed by atoms with Gasteiger partial charge in [0.05, 0.1) is 25.3 Å². The summed E-state index contributed by atoms with van der Waals surface area (Å²) in [7, 11) is 1.64. The minimum Gasteiger partial charge on any atom is -0.395 e. The first-order valence-corrected chi connectivity index (χ1v) is 6.81. The van der Waals surface area contributed by atoms with E-state index >= 15 is 0 Å². The highest BCUT2D eigenvalue weighted by atomic mass is 16.5. The van der Waals surface area contributed by atoms with Gasteiger partial charge in [-0.05, 0) is 11.1 Å². The molecule has 106 valence electrons. The van der Waals surface area contributed by atoms with Gasteiger partial charge in [-0.15, -0.1) is 0 Å². The minimum atomic E-state index is -0.0922. The van der Waals surface area contributed by atoms with E-state index < -0.39 is 0 Å².